The van der Waals surface area contributed by atoms with Crippen molar-refractivity contribution in [3.8, 4) is 0 Å². The third-order valence-corrected chi connectivity index (χ3v) is 4.68. The molecule has 4 heteroatoms. The Balaban J connectivity index is 2.15. The van der Waals surface area contributed by atoms with Gasteiger partial charge in [-0.25, -0.2) is 0 Å². The van der Waals surface area contributed by atoms with Gasteiger partial charge in [0.05, 0.1) is 6.61 Å². The zero-order chi connectivity index (χ0) is 15.9. The van der Waals surface area contributed by atoms with E-state index in [1.165, 1.54) is 16.7 Å². The van der Waals surface area contributed by atoms with Crippen LogP contribution in [0.15, 0.2) is 51.4 Å². The topological polar surface area (TPSA) is 26.3 Å². The first-order valence-corrected chi connectivity index (χ1v) is 8.85. The lowest BCUT2D eigenvalue weighted by atomic mass is 9.97. The number of halogens is 2. The van der Waals surface area contributed by atoms with Crippen molar-refractivity contribution in [2.24, 2.45) is 0 Å². The summed E-state index contributed by atoms with van der Waals surface area (Å²) >= 11 is 7.06. The zero-order valence-electron chi connectivity index (χ0n) is 12.4. The van der Waals surface area contributed by atoms with E-state index in [0.29, 0.717) is 19.4 Å². The average molecular weight is 426 g/mol. The smallest absolute Gasteiger partial charge is 0.306 e. The van der Waals surface area contributed by atoms with Gasteiger partial charge in [-0.1, -0.05) is 56.1 Å². The van der Waals surface area contributed by atoms with E-state index in [0.717, 1.165) is 15.4 Å². The molecule has 0 amide bonds. The second-order valence-corrected chi connectivity index (χ2v) is 6.76. The van der Waals surface area contributed by atoms with E-state index in [2.05, 4.69) is 50.1 Å². The molecule has 2 rings (SSSR count). The molecule has 0 fully saturated rings. The Morgan fingerprint density at radius 1 is 1.09 bits per heavy atom. The molecule has 2 aromatic rings. The molecule has 0 saturated heterocycles. The molecule has 0 N–H and O–H groups in total. The minimum atomic E-state index is -0.146. The van der Waals surface area contributed by atoms with Crippen LogP contribution in [0.3, 0.4) is 0 Å². The summed E-state index contributed by atoms with van der Waals surface area (Å²) in [4.78, 5) is 11.6. The van der Waals surface area contributed by atoms with Crippen LogP contribution in [0.25, 0.3) is 0 Å². The summed E-state index contributed by atoms with van der Waals surface area (Å²) in [6, 6.07) is 14.5. The lowest BCUT2D eigenvalue weighted by Crippen LogP contribution is -2.07. The lowest BCUT2D eigenvalue weighted by molar-refractivity contribution is -0.143. The third kappa shape index (κ3) is 4.96. The lowest BCUT2D eigenvalue weighted by Gasteiger charge is -2.12. The molecule has 0 atom stereocenters. The van der Waals surface area contributed by atoms with Gasteiger partial charge in [-0.3, -0.25) is 4.79 Å². The molecule has 0 saturated carbocycles. The Morgan fingerprint density at radius 3 is 2.50 bits per heavy atom. The van der Waals surface area contributed by atoms with Crippen molar-refractivity contribution in [3.05, 3.63) is 68.1 Å². The number of rotatable bonds is 6. The highest BCUT2D eigenvalue weighted by molar-refractivity contribution is 9.10. The minimum Gasteiger partial charge on any atom is -0.466 e. The van der Waals surface area contributed by atoms with Crippen molar-refractivity contribution in [1.82, 2.24) is 0 Å². The number of hydrogen-bond donors (Lipinski definition) is 0. The summed E-state index contributed by atoms with van der Waals surface area (Å²) in [5, 5.41) is 0. The maximum Gasteiger partial charge on any atom is 0.306 e. The molecule has 2 nitrogen and oxygen atoms in total. The molecule has 0 aliphatic rings. The van der Waals surface area contributed by atoms with E-state index in [9.17, 15) is 4.79 Å². The van der Waals surface area contributed by atoms with Gasteiger partial charge in [0.2, 0.25) is 0 Å². The van der Waals surface area contributed by atoms with Crippen LogP contribution in [-0.4, -0.2) is 12.6 Å². The Hall–Kier alpha value is -1.13. The summed E-state index contributed by atoms with van der Waals surface area (Å²) in [6.45, 7) is 2.26. The van der Waals surface area contributed by atoms with Crippen molar-refractivity contribution in [1.29, 1.82) is 0 Å². The van der Waals surface area contributed by atoms with Crippen LogP contribution >= 0.6 is 31.9 Å². The average Bonchev–Trinajstić information content (AvgIpc) is 2.49. The van der Waals surface area contributed by atoms with Gasteiger partial charge in [-0.05, 0) is 54.7 Å². The Labute approximate surface area is 148 Å². The van der Waals surface area contributed by atoms with Crippen molar-refractivity contribution in [3.63, 3.8) is 0 Å². The summed E-state index contributed by atoms with van der Waals surface area (Å²) in [5.74, 6) is -0.146. The SMILES string of the molecule is CCOC(=O)CCc1c(Br)cccc1Cc1ccc(Br)cc1. The van der Waals surface area contributed by atoms with Crippen LogP contribution in [0.2, 0.25) is 0 Å². The van der Waals surface area contributed by atoms with E-state index >= 15 is 0 Å². The normalized spacial score (nSPS) is 10.5. The van der Waals surface area contributed by atoms with E-state index in [-0.39, 0.29) is 5.97 Å². The maximum absolute atomic E-state index is 11.6. The first kappa shape index (κ1) is 17.2. The highest BCUT2D eigenvalue weighted by atomic mass is 79.9. The van der Waals surface area contributed by atoms with Crippen molar-refractivity contribution >= 4 is 37.8 Å². The summed E-state index contributed by atoms with van der Waals surface area (Å²) in [7, 11) is 0. The van der Waals surface area contributed by atoms with Gasteiger partial charge in [0.1, 0.15) is 0 Å². The second kappa shape index (κ2) is 8.49. The fourth-order valence-corrected chi connectivity index (χ4v) is 3.20. The molecule has 2 aromatic carbocycles. The minimum absolute atomic E-state index is 0.146. The number of benzene rings is 2. The van der Waals surface area contributed by atoms with Gasteiger partial charge < -0.3 is 4.74 Å². The molecule has 0 aliphatic carbocycles. The number of carbonyl (C=O) groups is 1. The second-order valence-electron chi connectivity index (χ2n) is 4.99. The summed E-state index contributed by atoms with van der Waals surface area (Å²) < 4.78 is 7.14. The Kier molecular flexibility index (Phi) is 6.65. The molecule has 0 radical (unpaired) electrons. The fourth-order valence-electron chi connectivity index (χ4n) is 2.33. The molecule has 0 heterocycles. The molecule has 0 bridgehead atoms. The van der Waals surface area contributed by atoms with Crippen molar-refractivity contribution in [2.45, 2.75) is 26.2 Å². The predicted molar refractivity (Wildman–Crippen MR) is 96.0 cm³/mol. The first-order chi connectivity index (χ1) is 10.6. The number of hydrogen-bond acceptors (Lipinski definition) is 2. The molecular weight excluding hydrogens is 408 g/mol. The molecule has 0 spiro atoms. The standard InChI is InChI=1S/C18H18Br2O2/c1-2-22-18(21)11-10-16-14(4-3-5-17(16)20)12-13-6-8-15(19)9-7-13/h3-9H,2,10-12H2,1H3. The molecule has 0 unspecified atom stereocenters. The van der Waals surface area contributed by atoms with E-state index in [4.69, 9.17) is 4.74 Å². The van der Waals surface area contributed by atoms with Crippen LogP contribution in [0.5, 0.6) is 0 Å². The largest absolute Gasteiger partial charge is 0.466 e. The number of ether oxygens (including phenoxy) is 1. The highest BCUT2D eigenvalue weighted by Crippen LogP contribution is 2.25. The van der Waals surface area contributed by atoms with Crippen LogP contribution < -0.4 is 0 Å². The van der Waals surface area contributed by atoms with Gasteiger partial charge in [0, 0.05) is 15.4 Å². The monoisotopic (exact) mass is 424 g/mol. The van der Waals surface area contributed by atoms with Gasteiger partial charge in [-0.2, -0.15) is 0 Å². The fraction of sp³-hybridized carbons (Fsp3) is 0.278. The van der Waals surface area contributed by atoms with Crippen LogP contribution in [0, 0.1) is 0 Å². The molecular formula is C18H18Br2O2. The Morgan fingerprint density at radius 2 is 1.82 bits per heavy atom. The van der Waals surface area contributed by atoms with Gasteiger partial charge in [-0.15, -0.1) is 0 Å². The summed E-state index contributed by atoms with van der Waals surface area (Å²) in [6.07, 6.45) is 1.95. The molecule has 22 heavy (non-hydrogen) atoms. The van der Waals surface area contributed by atoms with E-state index in [1.54, 1.807) is 0 Å². The van der Waals surface area contributed by atoms with E-state index in [1.807, 2.05) is 31.2 Å². The number of esters is 1. The molecule has 0 aliphatic heterocycles. The van der Waals surface area contributed by atoms with Crippen molar-refractivity contribution < 1.29 is 9.53 Å². The quantitative estimate of drug-likeness (QED) is 0.587. The van der Waals surface area contributed by atoms with Gasteiger partial charge in [0.25, 0.3) is 0 Å². The van der Waals surface area contributed by atoms with Crippen molar-refractivity contribution in [2.75, 3.05) is 6.61 Å². The van der Waals surface area contributed by atoms with Crippen LogP contribution in [0.4, 0.5) is 0 Å². The first-order valence-electron chi connectivity index (χ1n) is 7.26. The molecule has 0 aromatic heterocycles. The Bertz CT molecular complexity index is 636. The predicted octanol–water partition coefficient (Wildman–Crippen LogP) is 5.30. The van der Waals surface area contributed by atoms with Gasteiger partial charge in [0.15, 0.2) is 0 Å². The third-order valence-electron chi connectivity index (χ3n) is 3.41. The maximum atomic E-state index is 11.6. The van der Waals surface area contributed by atoms with Gasteiger partial charge >= 0.3 is 5.97 Å². The highest BCUT2D eigenvalue weighted by Gasteiger charge is 2.10. The summed E-state index contributed by atoms with van der Waals surface area (Å²) in [5.41, 5.74) is 3.66. The van der Waals surface area contributed by atoms with Crippen LogP contribution in [-0.2, 0) is 22.4 Å². The van der Waals surface area contributed by atoms with Crippen LogP contribution in [0.1, 0.15) is 30.0 Å². The van der Waals surface area contributed by atoms with E-state index < -0.39 is 0 Å². The molecule has 116 valence electrons. The zero-order valence-corrected chi connectivity index (χ0v) is 15.6. The number of carbonyl (C=O) groups excluding carboxylic acids is 1.